The lowest BCUT2D eigenvalue weighted by Gasteiger charge is -2.33. The molecule has 0 radical (unpaired) electrons. The topological polar surface area (TPSA) is 86.8 Å². The van der Waals surface area contributed by atoms with Gasteiger partial charge < -0.3 is 10.2 Å². The summed E-state index contributed by atoms with van der Waals surface area (Å²) in [6.45, 7) is 8.85. The van der Waals surface area contributed by atoms with Crippen molar-refractivity contribution in [1.82, 2.24) is 10.2 Å². The maximum atomic E-state index is 13.5. The Bertz CT molecular complexity index is 1110. The summed E-state index contributed by atoms with van der Waals surface area (Å²) < 4.78 is 26.1. The minimum Gasteiger partial charge on any atom is -0.350 e. The van der Waals surface area contributed by atoms with Gasteiger partial charge in [0.15, 0.2) is 0 Å². The Morgan fingerprint density at radius 3 is 2.27 bits per heavy atom. The van der Waals surface area contributed by atoms with E-state index in [1.54, 1.807) is 25.1 Å². The molecule has 2 aromatic carbocycles. The lowest BCUT2D eigenvalue weighted by atomic mass is 10.1. The quantitative estimate of drug-likeness (QED) is 0.606. The zero-order chi connectivity index (χ0) is 25.0. The summed E-state index contributed by atoms with van der Waals surface area (Å²) in [5.74, 6) is -0.823. The lowest BCUT2D eigenvalue weighted by molar-refractivity contribution is -0.140. The van der Waals surface area contributed by atoms with Crippen LogP contribution in [-0.4, -0.2) is 49.5 Å². The number of hydrogen-bond acceptors (Lipinski definition) is 4. The fraction of sp³-hybridized carbons (Fsp3) is 0.417. The van der Waals surface area contributed by atoms with Crippen LogP contribution in [0.3, 0.4) is 0 Å². The molecular weight excluding hydrogens is 462 g/mol. The number of hydrogen-bond donors (Lipinski definition) is 1. The predicted octanol–water partition coefficient (Wildman–Crippen LogP) is 3.75. The Balaban J connectivity index is 2.41. The zero-order valence-electron chi connectivity index (χ0n) is 19.9. The molecule has 0 aliphatic heterocycles. The molecule has 2 rings (SSSR count). The van der Waals surface area contributed by atoms with Gasteiger partial charge in [-0.15, -0.1) is 0 Å². The van der Waals surface area contributed by atoms with Crippen LogP contribution in [0.15, 0.2) is 48.5 Å². The van der Waals surface area contributed by atoms with Crippen molar-refractivity contribution in [3.63, 3.8) is 0 Å². The Kier molecular flexibility index (Phi) is 8.54. The van der Waals surface area contributed by atoms with Crippen molar-refractivity contribution in [1.29, 1.82) is 0 Å². The van der Waals surface area contributed by atoms with E-state index >= 15 is 0 Å². The Labute approximate surface area is 201 Å². The number of sulfonamides is 1. The molecule has 180 valence electrons. The van der Waals surface area contributed by atoms with Gasteiger partial charge in [-0.3, -0.25) is 13.9 Å². The van der Waals surface area contributed by atoms with Crippen molar-refractivity contribution in [3.8, 4) is 0 Å². The number of rotatable bonds is 8. The van der Waals surface area contributed by atoms with Gasteiger partial charge in [0.1, 0.15) is 12.6 Å². The predicted molar refractivity (Wildman–Crippen MR) is 133 cm³/mol. The molecule has 0 saturated carbocycles. The molecule has 2 amide bonds. The van der Waals surface area contributed by atoms with E-state index in [1.807, 2.05) is 52.0 Å². The van der Waals surface area contributed by atoms with Crippen LogP contribution in [0.25, 0.3) is 0 Å². The number of nitrogens with zero attached hydrogens (tertiary/aromatic N) is 2. The first-order valence-corrected chi connectivity index (χ1v) is 12.8. The number of halogens is 1. The molecule has 33 heavy (non-hydrogen) atoms. The van der Waals surface area contributed by atoms with E-state index in [-0.39, 0.29) is 18.1 Å². The monoisotopic (exact) mass is 493 g/mol. The fourth-order valence-electron chi connectivity index (χ4n) is 3.31. The van der Waals surface area contributed by atoms with E-state index in [9.17, 15) is 18.0 Å². The second-order valence-electron chi connectivity index (χ2n) is 9.18. The third-order valence-electron chi connectivity index (χ3n) is 4.88. The molecule has 0 spiro atoms. The van der Waals surface area contributed by atoms with Crippen LogP contribution < -0.4 is 9.62 Å². The molecule has 0 aliphatic rings. The van der Waals surface area contributed by atoms with Crippen molar-refractivity contribution in [2.45, 2.75) is 52.7 Å². The van der Waals surface area contributed by atoms with Gasteiger partial charge >= 0.3 is 0 Å². The van der Waals surface area contributed by atoms with Gasteiger partial charge in [-0.05, 0) is 58.4 Å². The standard InChI is InChI=1S/C24H32ClN3O4S/c1-17-9-7-10-19(13-17)15-27(18(2)23(30)26-24(3,4)5)22(29)16-28(33(6,31)32)21-12-8-11-20(25)14-21/h7-14,18H,15-16H2,1-6H3,(H,26,30)/t18-/m0/s1. The molecule has 1 atom stereocenters. The lowest BCUT2D eigenvalue weighted by Crippen LogP contribution is -2.54. The van der Waals surface area contributed by atoms with Gasteiger partial charge in [-0.25, -0.2) is 8.42 Å². The smallest absolute Gasteiger partial charge is 0.244 e. The minimum absolute atomic E-state index is 0.159. The van der Waals surface area contributed by atoms with Crippen LogP contribution >= 0.6 is 11.6 Å². The van der Waals surface area contributed by atoms with Crippen molar-refractivity contribution in [2.75, 3.05) is 17.1 Å². The third-order valence-corrected chi connectivity index (χ3v) is 6.25. The first-order valence-electron chi connectivity index (χ1n) is 10.6. The first kappa shape index (κ1) is 26.7. The van der Waals surface area contributed by atoms with E-state index < -0.39 is 34.1 Å². The second kappa shape index (κ2) is 10.6. The van der Waals surface area contributed by atoms with Crippen molar-refractivity contribution < 1.29 is 18.0 Å². The molecule has 0 fully saturated rings. The van der Waals surface area contributed by atoms with Gasteiger partial charge in [0.2, 0.25) is 21.8 Å². The summed E-state index contributed by atoms with van der Waals surface area (Å²) >= 11 is 6.04. The number of aryl methyl sites for hydroxylation is 1. The van der Waals surface area contributed by atoms with Gasteiger partial charge in [-0.2, -0.15) is 0 Å². The highest BCUT2D eigenvalue weighted by Gasteiger charge is 2.31. The highest BCUT2D eigenvalue weighted by atomic mass is 35.5. The number of carbonyl (C=O) groups excluding carboxylic acids is 2. The summed E-state index contributed by atoms with van der Waals surface area (Å²) in [4.78, 5) is 27.8. The van der Waals surface area contributed by atoms with Gasteiger partial charge in [0.05, 0.1) is 11.9 Å². The summed E-state index contributed by atoms with van der Waals surface area (Å²) in [7, 11) is -3.79. The third kappa shape index (κ3) is 8.05. The molecule has 9 heteroatoms. The average molecular weight is 494 g/mol. The highest BCUT2D eigenvalue weighted by Crippen LogP contribution is 2.22. The highest BCUT2D eigenvalue weighted by molar-refractivity contribution is 7.92. The average Bonchev–Trinajstić information content (AvgIpc) is 2.67. The van der Waals surface area contributed by atoms with Crippen LogP contribution in [0.5, 0.6) is 0 Å². The summed E-state index contributed by atoms with van der Waals surface area (Å²) in [6, 6.07) is 13.1. The molecule has 0 heterocycles. The van der Waals surface area contributed by atoms with Crippen molar-refractivity contribution in [3.05, 3.63) is 64.7 Å². The normalized spacial score (nSPS) is 12.7. The van der Waals surface area contributed by atoms with Gasteiger partial charge in [-0.1, -0.05) is 47.5 Å². The van der Waals surface area contributed by atoms with E-state index in [2.05, 4.69) is 5.32 Å². The maximum absolute atomic E-state index is 13.5. The van der Waals surface area contributed by atoms with E-state index in [1.165, 1.54) is 11.0 Å². The van der Waals surface area contributed by atoms with Crippen LogP contribution in [0.1, 0.15) is 38.8 Å². The number of nitrogens with one attached hydrogen (secondary N) is 1. The second-order valence-corrected chi connectivity index (χ2v) is 11.5. The fourth-order valence-corrected chi connectivity index (χ4v) is 4.33. The number of anilines is 1. The summed E-state index contributed by atoms with van der Waals surface area (Å²) in [5.41, 5.74) is 1.65. The van der Waals surface area contributed by atoms with Crippen LogP contribution in [-0.2, 0) is 26.2 Å². The summed E-state index contributed by atoms with van der Waals surface area (Å²) in [6.07, 6.45) is 1.03. The number of carbonyl (C=O) groups is 2. The molecule has 0 aromatic heterocycles. The van der Waals surface area contributed by atoms with Crippen LogP contribution in [0.2, 0.25) is 5.02 Å². The summed E-state index contributed by atoms with van der Waals surface area (Å²) in [5, 5.41) is 3.24. The van der Waals surface area contributed by atoms with Crippen molar-refractivity contribution in [2.24, 2.45) is 0 Å². The molecule has 0 aliphatic carbocycles. The van der Waals surface area contributed by atoms with Gasteiger partial charge in [0, 0.05) is 17.1 Å². The molecule has 2 aromatic rings. The maximum Gasteiger partial charge on any atom is 0.244 e. The minimum atomic E-state index is -3.79. The number of benzene rings is 2. The molecule has 1 N–H and O–H groups in total. The van der Waals surface area contributed by atoms with Crippen LogP contribution in [0, 0.1) is 6.92 Å². The molecule has 7 nitrogen and oxygen atoms in total. The molecule has 0 saturated heterocycles. The Morgan fingerprint density at radius 1 is 1.09 bits per heavy atom. The van der Waals surface area contributed by atoms with E-state index in [4.69, 9.17) is 11.6 Å². The first-order chi connectivity index (χ1) is 15.2. The molecular formula is C24H32ClN3O4S. The molecule has 0 unspecified atom stereocenters. The SMILES string of the molecule is Cc1cccc(CN(C(=O)CN(c2cccc(Cl)c2)S(C)(=O)=O)[C@@H](C)C(=O)NC(C)(C)C)c1. The Morgan fingerprint density at radius 2 is 1.73 bits per heavy atom. The van der Waals surface area contributed by atoms with Crippen LogP contribution in [0.4, 0.5) is 5.69 Å². The number of amides is 2. The largest absolute Gasteiger partial charge is 0.350 e. The van der Waals surface area contributed by atoms with Crippen molar-refractivity contribution >= 4 is 39.1 Å². The van der Waals surface area contributed by atoms with Gasteiger partial charge in [0.25, 0.3) is 0 Å². The van der Waals surface area contributed by atoms with E-state index in [0.29, 0.717) is 5.02 Å². The molecule has 0 bridgehead atoms. The zero-order valence-corrected chi connectivity index (χ0v) is 21.5. The Hall–Kier alpha value is -2.58. The van der Waals surface area contributed by atoms with E-state index in [0.717, 1.165) is 21.7 Å².